The number of rotatable bonds is 6. The number of ether oxygens (including phenoxy) is 1. The highest BCUT2D eigenvalue weighted by atomic mass is 79.9. The lowest BCUT2D eigenvalue weighted by Gasteiger charge is -2.16. The Bertz CT molecular complexity index is 661. The quantitative estimate of drug-likeness (QED) is 0.622. The standard InChI is InChI=1S/C15H21BrN2O2Si/c1-21(2,3)9-8-20-10-18-7-6-11-13(16)5-4-12(14(11)18)15(17)19/h4-7H,8-10H2,1-3H3,(H2,17,19). The van der Waals surface area contributed by atoms with E-state index < -0.39 is 14.0 Å². The van der Waals surface area contributed by atoms with E-state index in [4.69, 9.17) is 10.5 Å². The predicted molar refractivity (Wildman–Crippen MR) is 92.3 cm³/mol. The van der Waals surface area contributed by atoms with Crippen molar-refractivity contribution >= 4 is 40.8 Å². The number of carbonyl (C=O) groups excluding carboxylic acids is 1. The minimum atomic E-state index is -1.09. The molecule has 1 aromatic carbocycles. The van der Waals surface area contributed by atoms with Crippen molar-refractivity contribution in [2.75, 3.05) is 6.61 Å². The van der Waals surface area contributed by atoms with Crippen LogP contribution < -0.4 is 5.73 Å². The van der Waals surface area contributed by atoms with Crippen molar-refractivity contribution in [3.05, 3.63) is 34.4 Å². The molecule has 6 heteroatoms. The van der Waals surface area contributed by atoms with Gasteiger partial charge >= 0.3 is 0 Å². The zero-order chi connectivity index (χ0) is 15.6. The fraction of sp³-hybridized carbons (Fsp3) is 0.400. The molecule has 0 radical (unpaired) electrons. The number of benzene rings is 1. The average molecular weight is 369 g/mol. The lowest BCUT2D eigenvalue weighted by molar-refractivity contribution is 0.0899. The van der Waals surface area contributed by atoms with Crippen molar-refractivity contribution in [3.63, 3.8) is 0 Å². The maximum absolute atomic E-state index is 11.6. The van der Waals surface area contributed by atoms with Crippen molar-refractivity contribution in [2.24, 2.45) is 5.73 Å². The van der Waals surface area contributed by atoms with Gasteiger partial charge in [0, 0.05) is 30.7 Å². The highest BCUT2D eigenvalue weighted by Crippen LogP contribution is 2.28. The maximum atomic E-state index is 11.6. The van der Waals surface area contributed by atoms with Crippen LogP contribution in [-0.4, -0.2) is 25.2 Å². The molecule has 2 rings (SSSR count). The molecular weight excluding hydrogens is 348 g/mol. The highest BCUT2D eigenvalue weighted by molar-refractivity contribution is 9.10. The fourth-order valence-corrected chi connectivity index (χ4v) is 3.35. The smallest absolute Gasteiger partial charge is 0.250 e. The Morgan fingerprint density at radius 2 is 2.05 bits per heavy atom. The van der Waals surface area contributed by atoms with E-state index in [2.05, 4.69) is 35.6 Å². The van der Waals surface area contributed by atoms with Gasteiger partial charge in [-0.1, -0.05) is 35.6 Å². The van der Waals surface area contributed by atoms with Gasteiger partial charge in [-0.15, -0.1) is 0 Å². The SMILES string of the molecule is C[Si](C)(C)CCOCn1ccc2c(Br)ccc(C(N)=O)c21. The van der Waals surface area contributed by atoms with Crippen LogP contribution in [0.3, 0.4) is 0 Å². The van der Waals surface area contributed by atoms with Crippen molar-refractivity contribution in [1.29, 1.82) is 0 Å². The third kappa shape index (κ3) is 3.96. The van der Waals surface area contributed by atoms with Crippen LogP contribution in [0, 0.1) is 0 Å². The molecule has 0 aliphatic rings. The van der Waals surface area contributed by atoms with Crippen LogP contribution in [0.25, 0.3) is 10.9 Å². The number of carbonyl (C=O) groups is 1. The van der Waals surface area contributed by atoms with Crippen molar-refractivity contribution in [3.8, 4) is 0 Å². The molecule has 0 aliphatic heterocycles. The molecule has 0 saturated carbocycles. The molecule has 0 spiro atoms. The number of halogens is 1. The summed E-state index contributed by atoms with van der Waals surface area (Å²) in [6.45, 7) is 8.15. The number of nitrogens with zero attached hydrogens (tertiary/aromatic N) is 1. The van der Waals surface area contributed by atoms with Gasteiger partial charge in [0.25, 0.3) is 5.91 Å². The first-order chi connectivity index (χ1) is 9.79. The number of amides is 1. The highest BCUT2D eigenvalue weighted by Gasteiger charge is 2.14. The number of nitrogens with two attached hydrogens (primary N) is 1. The Kier molecular flexibility index (Phi) is 4.90. The van der Waals surface area contributed by atoms with E-state index in [1.807, 2.05) is 22.9 Å². The maximum Gasteiger partial charge on any atom is 0.250 e. The summed E-state index contributed by atoms with van der Waals surface area (Å²) in [6.07, 6.45) is 1.93. The van der Waals surface area contributed by atoms with Crippen LogP contribution in [0.2, 0.25) is 25.7 Å². The molecule has 1 aromatic heterocycles. The zero-order valence-corrected chi connectivity index (χ0v) is 15.2. The first-order valence-electron chi connectivity index (χ1n) is 6.94. The minimum Gasteiger partial charge on any atom is -0.366 e. The van der Waals surface area contributed by atoms with E-state index in [0.29, 0.717) is 12.3 Å². The number of aromatic nitrogens is 1. The van der Waals surface area contributed by atoms with Crippen LogP contribution in [-0.2, 0) is 11.5 Å². The first-order valence-corrected chi connectivity index (χ1v) is 11.4. The van der Waals surface area contributed by atoms with E-state index in [0.717, 1.165) is 28.0 Å². The fourth-order valence-electron chi connectivity index (χ4n) is 2.14. The largest absolute Gasteiger partial charge is 0.366 e. The van der Waals surface area contributed by atoms with E-state index in [1.54, 1.807) is 6.07 Å². The van der Waals surface area contributed by atoms with Crippen molar-refractivity contribution < 1.29 is 9.53 Å². The summed E-state index contributed by atoms with van der Waals surface area (Å²) in [4.78, 5) is 11.6. The molecule has 2 aromatic rings. The van der Waals surface area contributed by atoms with Crippen LogP contribution in [0.5, 0.6) is 0 Å². The minimum absolute atomic E-state index is 0.422. The molecule has 0 atom stereocenters. The Hall–Kier alpha value is -1.11. The molecule has 0 saturated heterocycles. The molecule has 1 heterocycles. The molecule has 114 valence electrons. The molecule has 1 amide bonds. The summed E-state index contributed by atoms with van der Waals surface area (Å²) in [7, 11) is -1.09. The summed E-state index contributed by atoms with van der Waals surface area (Å²) in [5.74, 6) is -0.422. The second kappa shape index (κ2) is 6.33. The third-order valence-electron chi connectivity index (χ3n) is 3.36. The monoisotopic (exact) mass is 368 g/mol. The number of fused-ring (bicyclic) bond motifs is 1. The molecule has 0 unspecified atom stereocenters. The Morgan fingerprint density at radius 3 is 2.67 bits per heavy atom. The van der Waals surface area contributed by atoms with Gasteiger partial charge in [-0.3, -0.25) is 4.79 Å². The number of primary amides is 1. The second-order valence-electron chi connectivity index (χ2n) is 6.36. The molecule has 0 bridgehead atoms. The molecule has 21 heavy (non-hydrogen) atoms. The second-order valence-corrected chi connectivity index (χ2v) is 12.8. The van der Waals surface area contributed by atoms with Gasteiger partial charge < -0.3 is 15.0 Å². The Balaban J connectivity index is 2.21. The Morgan fingerprint density at radius 1 is 1.33 bits per heavy atom. The van der Waals surface area contributed by atoms with E-state index >= 15 is 0 Å². The molecule has 4 nitrogen and oxygen atoms in total. The zero-order valence-electron chi connectivity index (χ0n) is 12.6. The summed E-state index contributed by atoms with van der Waals surface area (Å²) < 4.78 is 8.65. The normalized spacial score (nSPS) is 12.0. The summed E-state index contributed by atoms with van der Waals surface area (Å²) in [5, 5.41) is 0.972. The summed E-state index contributed by atoms with van der Waals surface area (Å²) in [6, 6.07) is 6.68. The number of hydrogen-bond donors (Lipinski definition) is 1. The molecule has 2 N–H and O–H groups in total. The lowest BCUT2D eigenvalue weighted by atomic mass is 10.1. The third-order valence-corrected chi connectivity index (χ3v) is 5.76. The van der Waals surface area contributed by atoms with E-state index in [9.17, 15) is 4.79 Å². The van der Waals surface area contributed by atoms with Gasteiger partial charge in [0.15, 0.2) is 0 Å². The average Bonchev–Trinajstić information content (AvgIpc) is 2.78. The topological polar surface area (TPSA) is 57.2 Å². The van der Waals surface area contributed by atoms with Gasteiger partial charge in [-0.05, 0) is 24.2 Å². The molecule has 0 aliphatic carbocycles. The van der Waals surface area contributed by atoms with E-state index in [-0.39, 0.29) is 0 Å². The summed E-state index contributed by atoms with van der Waals surface area (Å²) >= 11 is 3.50. The molecule has 0 fully saturated rings. The Labute approximate surface area is 134 Å². The van der Waals surface area contributed by atoms with Gasteiger partial charge in [-0.25, -0.2) is 0 Å². The van der Waals surface area contributed by atoms with Crippen LogP contribution in [0.1, 0.15) is 10.4 Å². The van der Waals surface area contributed by atoms with Gasteiger partial charge in [-0.2, -0.15) is 0 Å². The van der Waals surface area contributed by atoms with Crippen LogP contribution >= 0.6 is 15.9 Å². The first kappa shape index (κ1) is 16.3. The van der Waals surface area contributed by atoms with Gasteiger partial charge in [0.05, 0.1) is 11.1 Å². The number of hydrogen-bond acceptors (Lipinski definition) is 2. The lowest BCUT2D eigenvalue weighted by Crippen LogP contribution is -2.22. The van der Waals surface area contributed by atoms with Crippen molar-refractivity contribution in [1.82, 2.24) is 4.57 Å². The van der Waals surface area contributed by atoms with E-state index in [1.165, 1.54) is 0 Å². The van der Waals surface area contributed by atoms with Gasteiger partial charge in [0.2, 0.25) is 0 Å². The summed E-state index contributed by atoms with van der Waals surface area (Å²) in [5.41, 5.74) is 6.81. The predicted octanol–water partition coefficient (Wildman–Crippen LogP) is 3.82. The van der Waals surface area contributed by atoms with Crippen molar-refractivity contribution in [2.45, 2.75) is 32.4 Å². The van der Waals surface area contributed by atoms with Crippen LogP contribution in [0.4, 0.5) is 0 Å². The van der Waals surface area contributed by atoms with Crippen LogP contribution in [0.15, 0.2) is 28.9 Å². The molecular formula is C15H21BrN2O2Si. The van der Waals surface area contributed by atoms with Gasteiger partial charge in [0.1, 0.15) is 6.73 Å².